The van der Waals surface area contributed by atoms with Crippen LogP contribution in [0.3, 0.4) is 0 Å². The molecule has 0 aliphatic rings. The number of aryl methyl sites for hydroxylation is 1. The monoisotopic (exact) mass is 325 g/mol. The van der Waals surface area contributed by atoms with Gasteiger partial charge in [-0.05, 0) is 31.2 Å². The first kappa shape index (κ1) is 15.7. The molecule has 0 aliphatic heterocycles. The van der Waals surface area contributed by atoms with E-state index >= 15 is 0 Å². The number of fused-ring (bicyclic) bond motifs is 1. The van der Waals surface area contributed by atoms with Crippen LogP contribution in [0.2, 0.25) is 0 Å². The van der Waals surface area contributed by atoms with Gasteiger partial charge in [0.05, 0.1) is 11.2 Å². The van der Waals surface area contributed by atoms with E-state index in [0.29, 0.717) is 5.69 Å². The topological polar surface area (TPSA) is 63.1 Å². The number of carbonyl (C=O) groups excluding carboxylic acids is 1. The molecule has 0 unspecified atom stereocenters. The normalized spacial score (nSPS) is 10.6. The van der Waals surface area contributed by atoms with Gasteiger partial charge in [0.2, 0.25) is 0 Å². The second-order valence-electron chi connectivity index (χ2n) is 5.41. The molecule has 0 radical (unpaired) electrons. The minimum Gasteiger partial charge on any atom is -0.333 e. The third kappa shape index (κ3) is 3.12. The standard InChI is InChI=1S/C18H16FN3O2/c1-12-10-16(23)14-8-5-9-15(19)18(14)22(12)11-17(24)21-20-13-6-3-2-4-7-13/h2-10,20H,11H2,1H3,(H,21,24). The van der Waals surface area contributed by atoms with E-state index in [4.69, 9.17) is 0 Å². The second-order valence-corrected chi connectivity index (χ2v) is 5.41. The molecule has 0 bridgehead atoms. The summed E-state index contributed by atoms with van der Waals surface area (Å²) in [5, 5.41) is 0.254. The lowest BCUT2D eigenvalue weighted by molar-refractivity contribution is -0.121. The van der Waals surface area contributed by atoms with E-state index in [0.717, 1.165) is 5.69 Å². The molecule has 3 aromatic rings. The number of carbonyl (C=O) groups is 1. The number of benzene rings is 2. The van der Waals surface area contributed by atoms with Crippen molar-refractivity contribution in [1.29, 1.82) is 0 Å². The van der Waals surface area contributed by atoms with Crippen molar-refractivity contribution in [2.75, 3.05) is 5.43 Å². The summed E-state index contributed by atoms with van der Waals surface area (Å²) >= 11 is 0. The van der Waals surface area contributed by atoms with Gasteiger partial charge in [0.15, 0.2) is 5.43 Å². The second kappa shape index (κ2) is 6.54. The zero-order valence-corrected chi connectivity index (χ0v) is 13.0. The lowest BCUT2D eigenvalue weighted by Gasteiger charge is -2.15. The molecule has 0 spiro atoms. The number of nitrogens with zero attached hydrogens (tertiary/aromatic N) is 1. The van der Waals surface area contributed by atoms with Crippen LogP contribution < -0.4 is 16.3 Å². The van der Waals surface area contributed by atoms with Gasteiger partial charge in [0.25, 0.3) is 5.91 Å². The molecule has 24 heavy (non-hydrogen) atoms. The van der Waals surface area contributed by atoms with E-state index in [1.807, 2.05) is 18.2 Å². The molecule has 0 aliphatic carbocycles. The highest BCUT2D eigenvalue weighted by Gasteiger charge is 2.13. The number of hydrogen-bond donors (Lipinski definition) is 2. The van der Waals surface area contributed by atoms with Gasteiger partial charge in [0.1, 0.15) is 12.4 Å². The lowest BCUT2D eigenvalue weighted by atomic mass is 10.1. The summed E-state index contributed by atoms with van der Waals surface area (Å²) in [5.74, 6) is -0.882. The van der Waals surface area contributed by atoms with E-state index in [2.05, 4.69) is 10.9 Å². The Morgan fingerprint density at radius 2 is 1.88 bits per heavy atom. The molecule has 0 atom stereocenters. The summed E-state index contributed by atoms with van der Waals surface area (Å²) in [4.78, 5) is 24.2. The number of amides is 1. The van der Waals surface area contributed by atoms with Crippen molar-refractivity contribution in [2.45, 2.75) is 13.5 Å². The number of anilines is 1. The first-order valence-corrected chi connectivity index (χ1v) is 7.45. The molecule has 2 aromatic carbocycles. The maximum absolute atomic E-state index is 14.2. The van der Waals surface area contributed by atoms with Crippen LogP contribution in [0, 0.1) is 12.7 Å². The predicted octanol–water partition coefficient (Wildman–Crippen LogP) is 2.59. The molecule has 1 aromatic heterocycles. The SMILES string of the molecule is Cc1cc(=O)c2cccc(F)c2n1CC(=O)NNc1ccccc1. The van der Waals surface area contributed by atoms with Gasteiger partial charge >= 0.3 is 0 Å². The van der Waals surface area contributed by atoms with E-state index in [1.165, 1.54) is 22.8 Å². The fourth-order valence-electron chi connectivity index (χ4n) is 2.56. The quantitative estimate of drug-likeness (QED) is 0.725. The van der Waals surface area contributed by atoms with Crippen molar-refractivity contribution in [3.05, 3.63) is 76.3 Å². The molecule has 2 N–H and O–H groups in total. The van der Waals surface area contributed by atoms with Gasteiger partial charge in [-0.1, -0.05) is 24.3 Å². The number of para-hydroxylation sites is 2. The Labute approximate surface area is 137 Å². The van der Waals surface area contributed by atoms with Gasteiger partial charge in [-0.2, -0.15) is 0 Å². The van der Waals surface area contributed by atoms with Crippen molar-refractivity contribution >= 4 is 22.5 Å². The molecule has 3 rings (SSSR count). The van der Waals surface area contributed by atoms with E-state index in [1.54, 1.807) is 25.1 Å². The van der Waals surface area contributed by atoms with Gasteiger partial charge in [-0.3, -0.25) is 20.4 Å². The van der Waals surface area contributed by atoms with Crippen molar-refractivity contribution in [1.82, 2.24) is 9.99 Å². The number of aromatic nitrogens is 1. The molecule has 1 heterocycles. The van der Waals surface area contributed by atoms with Crippen LogP contribution in [-0.4, -0.2) is 10.5 Å². The molecule has 0 saturated heterocycles. The maximum Gasteiger partial charge on any atom is 0.258 e. The highest BCUT2D eigenvalue weighted by Crippen LogP contribution is 2.16. The van der Waals surface area contributed by atoms with Crippen molar-refractivity contribution < 1.29 is 9.18 Å². The summed E-state index contributed by atoms with van der Waals surface area (Å²) in [6, 6.07) is 14.9. The number of hydrogen-bond acceptors (Lipinski definition) is 3. The van der Waals surface area contributed by atoms with Gasteiger partial charge in [0, 0.05) is 17.1 Å². The number of nitrogens with one attached hydrogen (secondary N) is 2. The minimum absolute atomic E-state index is 0.108. The Bertz CT molecular complexity index is 952. The number of hydrazine groups is 1. The zero-order valence-electron chi connectivity index (χ0n) is 13.0. The summed E-state index contributed by atoms with van der Waals surface area (Å²) in [5.41, 5.74) is 6.48. The minimum atomic E-state index is -0.530. The molecule has 6 heteroatoms. The first-order valence-electron chi connectivity index (χ1n) is 7.45. The summed E-state index contributed by atoms with van der Waals surface area (Å²) in [7, 11) is 0. The average Bonchev–Trinajstić information content (AvgIpc) is 2.58. The van der Waals surface area contributed by atoms with Crippen molar-refractivity contribution in [3.8, 4) is 0 Å². The molecular formula is C18H16FN3O2. The fraction of sp³-hybridized carbons (Fsp3) is 0.111. The Hall–Kier alpha value is -3.15. The van der Waals surface area contributed by atoms with Gasteiger partial charge < -0.3 is 4.57 Å². The number of rotatable bonds is 4. The Morgan fingerprint density at radius 3 is 2.62 bits per heavy atom. The predicted molar refractivity (Wildman–Crippen MR) is 91.1 cm³/mol. The van der Waals surface area contributed by atoms with Crippen molar-refractivity contribution in [2.24, 2.45) is 0 Å². The van der Waals surface area contributed by atoms with E-state index in [-0.39, 0.29) is 28.8 Å². The molecule has 0 fully saturated rings. The molecular weight excluding hydrogens is 309 g/mol. The molecule has 5 nitrogen and oxygen atoms in total. The van der Waals surface area contributed by atoms with Crippen LogP contribution >= 0.6 is 0 Å². The number of pyridine rings is 1. The number of halogens is 1. The van der Waals surface area contributed by atoms with Crippen LogP contribution in [-0.2, 0) is 11.3 Å². The van der Waals surface area contributed by atoms with E-state index in [9.17, 15) is 14.0 Å². The van der Waals surface area contributed by atoms with Crippen LogP contribution in [0.5, 0.6) is 0 Å². The summed E-state index contributed by atoms with van der Waals surface area (Å²) in [6.45, 7) is 1.56. The Balaban J connectivity index is 1.87. The van der Waals surface area contributed by atoms with Crippen LogP contribution in [0.4, 0.5) is 10.1 Å². The fourth-order valence-corrected chi connectivity index (χ4v) is 2.56. The summed E-state index contributed by atoms with van der Waals surface area (Å²) < 4.78 is 15.7. The lowest BCUT2D eigenvalue weighted by Crippen LogP contribution is -2.33. The Kier molecular flexibility index (Phi) is 4.29. The summed E-state index contributed by atoms with van der Waals surface area (Å²) in [6.07, 6.45) is 0. The zero-order chi connectivity index (χ0) is 17.1. The molecule has 0 saturated carbocycles. The molecule has 1 amide bonds. The Morgan fingerprint density at radius 1 is 1.12 bits per heavy atom. The smallest absolute Gasteiger partial charge is 0.258 e. The highest BCUT2D eigenvalue weighted by molar-refractivity contribution is 5.83. The van der Waals surface area contributed by atoms with Gasteiger partial charge in [-0.25, -0.2) is 4.39 Å². The van der Waals surface area contributed by atoms with Crippen LogP contribution in [0.25, 0.3) is 10.9 Å². The highest BCUT2D eigenvalue weighted by atomic mass is 19.1. The van der Waals surface area contributed by atoms with Crippen molar-refractivity contribution in [3.63, 3.8) is 0 Å². The third-order valence-electron chi connectivity index (χ3n) is 3.71. The first-order chi connectivity index (χ1) is 11.6. The van der Waals surface area contributed by atoms with Crippen LogP contribution in [0.1, 0.15) is 5.69 Å². The van der Waals surface area contributed by atoms with Gasteiger partial charge in [-0.15, -0.1) is 0 Å². The maximum atomic E-state index is 14.2. The van der Waals surface area contributed by atoms with Crippen LogP contribution in [0.15, 0.2) is 59.4 Å². The molecule has 122 valence electrons. The van der Waals surface area contributed by atoms with E-state index < -0.39 is 5.82 Å². The largest absolute Gasteiger partial charge is 0.333 e. The average molecular weight is 325 g/mol. The third-order valence-corrected chi connectivity index (χ3v) is 3.71.